The zero-order valence-corrected chi connectivity index (χ0v) is 12.4. The van der Waals surface area contributed by atoms with Gasteiger partial charge in [0.1, 0.15) is 6.61 Å². The average molecular weight is 279 g/mol. The number of nitrogens with one attached hydrogen (secondary N) is 1. The van der Waals surface area contributed by atoms with Gasteiger partial charge in [-0.05, 0) is 37.6 Å². The van der Waals surface area contributed by atoms with Gasteiger partial charge < -0.3 is 19.9 Å². The van der Waals surface area contributed by atoms with Crippen LogP contribution in [0.3, 0.4) is 0 Å². The highest BCUT2D eigenvalue weighted by molar-refractivity contribution is 5.43. The van der Waals surface area contributed by atoms with Crippen LogP contribution in [0, 0.1) is 0 Å². The molecule has 1 aliphatic rings. The molecule has 112 valence electrons. The van der Waals surface area contributed by atoms with Gasteiger partial charge in [-0.25, -0.2) is 0 Å². The van der Waals surface area contributed by atoms with Gasteiger partial charge in [-0.15, -0.1) is 0 Å². The minimum absolute atomic E-state index is 0.342. The van der Waals surface area contributed by atoms with Gasteiger partial charge in [-0.1, -0.05) is 25.3 Å². The van der Waals surface area contributed by atoms with Crippen molar-refractivity contribution in [3.63, 3.8) is 0 Å². The highest BCUT2D eigenvalue weighted by Gasteiger charge is 2.30. The zero-order chi connectivity index (χ0) is 14.4. The number of hydrogen-bond donors (Lipinski definition) is 2. The summed E-state index contributed by atoms with van der Waals surface area (Å²) in [5.74, 6) is 1.42. The monoisotopic (exact) mass is 279 g/mol. The Hall–Kier alpha value is -1.26. The normalized spacial score (nSPS) is 17.8. The lowest BCUT2D eigenvalue weighted by atomic mass is 9.85. The molecule has 0 amide bonds. The van der Waals surface area contributed by atoms with E-state index in [2.05, 4.69) is 5.32 Å². The lowest BCUT2D eigenvalue weighted by Crippen LogP contribution is -2.37. The highest BCUT2D eigenvalue weighted by Crippen LogP contribution is 2.32. The Balaban J connectivity index is 2.01. The number of benzene rings is 1. The first-order valence-corrected chi connectivity index (χ1v) is 7.33. The summed E-state index contributed by atoms with van der Waals surface area (Å²) < 4.78 is 11.2. The van der Waals surface area contributed by atoms with E-state index in [1.165, 1.54) is 6.42 Å². The summed E-state index contributed by atoms with van der Waals surface area (Å²) in [6.07, 6.45) is 5.03. The van der Waals surface area contributed by atoms with Crippen LogP contribution >= 0.6 is 0 Å². The van der Waals surface area contributed by atoms with E-state index < -0.39 is 5.60 Å². The van der Waals surface area contributed by atoms with Gasteiger partial charge in [0.05, 0.1) is 12.7 Å². The maximum atomic E-state index is 10.5. The largest absolute Gasteiger partial charge is 0.493 e. The molecular formula is C16H25NO3. The zero-order valence-electron chi connectivity index (χ0n) is 12.4. The molecule has 0 aliphatic heterocycles. The number of ether oxygens (including phenoxy) is 2. The maximum absolute atomic E-state index is 10.5. The van der Waals surface area contributed by atoms with Crippen molar-refractivity contribution in [3.05, 3.63) is 23.8 Å². The van der Waals surface area contributed by atoms with Crippen molar-refractivity contribution in [2.24, 2.45) is 0 Å². The van der Waals surface area contributed by atoms with Gasteiger partial charge in [0.15, 0.2) is 11.5 Å². The summed E-state index contributed by atoms with van der Waals surface area (Å²) in [5.41, 5.74) is 0.473. The third kappa shape index (κ3) is 3.87. The summed E-state index contributed by atoms with van der Waals surface area (Å²) in [5, 5.41) is 13.6. The lowest BCUT2D eigenvalue weighted by Gasteiger charge is -2.31. The summed E-state index contributed by atoms with van der Waals surface area (Å²) in [6, 6.07) is 5.90. The van der Waals surface area contributed by atoms with Crippen LogP contribution in [-0.4, -0.2) is 31.5 Å². The Labute approximate surface area is 121 Å². The van der Waals surface area contributed by atoms with Crippen molar-refractivity contribution in [2.45, 2.75) is 44.2 Å². The van der Waals surface area contributed by atoms with Crippen LogP contribution in [0.4, 0.5) is 0 Å². The van der Waals surface area contributed by atoms with Gasteiger partial charge in [0, 0.05) is 6.54 Å². The predicted molar refractivity (Wildman–Crippen MR) is 79.3 cm³/mol. The second-order valence-electron chi connectivity index (χ2n) is 5.59. The van der Waals surface area contributed by atoms with Crippen molar-refractivity contribution >= 4 is 0 Å². The Kier molecular flexibility index (Phi) is 5.26. The minimum Gasteiger partial charge on any atom is -0.493 e. The molecule has 1 aromatic carbocycles. The van der Waals surface area contributed by atoms with Crippen molar-refractivity contribution < 1.29 is 14.6 Å². The summed E-state index contributed by atoms with van der Waals surface area (Å²) in [7, 11) is 3.55. The average Bonchev–Trinajstić information content (AvgIpc) is 2.47. The molecule has 2 rings (SSSR count). The molecule has 1 fully saturated rings. The molecule has 1 aromatic rings. The molecule has 2 N–H and O–H groups in total. The van der Waals surface area contributed by atoms with Gasteiger partial charge in [-0.2, -0.15) is 0 Å². The molecule has 4 nitrogen and oxygen atoms in total. The number of hydrogen-bond acceptors (Lipinski definition) is 4. The molecule has 0 saturated heterocycles. The first-order valence-electron chi connectivity index (χ1n) is 7.33. The van der Waals surface area contributed by atoms with Crippen LogP contribution in [0.1, 0.15) is 37.7 Å². The van der Waals surface area contributed by atoms with Gasteiger partial charge in [0.2, 0.25) is 0 Å². The Bertz CT molecular complexity index is 428. The van der Waals surface area contributed by atoms with E-state index in [1.54, 1.807) is 7.11 Å². The first kappa shape index (κ1) is 15.1. The maximum Gasteiger partial charge on any atom is 0.161 e. The molecule has 4 heteroatoms. The van der Waals surface area contributed by atoms with Crippen LogP contribution in [0.25, 0.3) is 0 Å². The van der Waals surface area contributed by atoms with Gasteiger partial charge in [0.25, 0.3) is 0 Å². The Morgan fingerprint density at radius 3 is 2.60 bits per heavy atom. The fourth-order valence-corrected chi connectivity index (χ4v) is 2.71. The molecule has 0 atom stereocenters. The van der Waals surface area contributed by atoms with E-state index >= 15 is 0 Å². The van der Waals surface area contributed by atoms with Crippen LogP contribution < -0.4 is 14.8 Å². The molecule has 20 heavy (non-hydrogen) atoms. The molecule has 0 heterocycles. The molecule has 0 aromatic heterocycles. The first-order chi connectivity index (χ1) is 9.67. The second kappa shape index (κ2) is 6.95. The summed E-state index contributed by atoms with van der Waals surface area (Å²) in [4.78, 5) is 0. The fourth-order valence-electron chi connectivity index (χ4n) is 2.71. The number of aliphatic hydroxyl groups is 1. The smallest absolute Gasteiger partial charge is 0.161 e. The van der Waals surface area contributed by atoms with E-state index in [0.29, 0.717) is 12.4 Å². The van der Waals surface area contributed by atoms with Crippen LogP contribution in [0.2, 0.25) is 0 Å². The summed E-state index contributed by atoms with van der Waals surface area (Å²) >= 11 is 0. The van der Waals surface area contributed by atoms with Crippen molar-refractivity contribution in [1.29, 1.82) is 0 Å². The molecule has 1 saturated carbocycles. The highest BCUT2D eigenvalue weighted by atomic mass is 16.5. The van der Waals surface area contributed by atoms with Crippen molar-refractivity contribution in [2.75, 3.05) is 20.8 Å². The molecule has 0 unspecified atom stereocenters. The molecule has 0 radical (unpaired) electrons. The minimum atomic E-state index is -0.674. The predicted octanol–water partition coefficient (Wildman–Crippen LogP) is 2.49. The quantitative estimate of drug-likeness (QED) is 0.840. The summed E-state index contributed by atoms with van der Waals surface area (Å²) in [6.45, 7) is 1.13. The van der Waals surface area contributed by atoms with Crippen LogP contribution in [-0.2, 0) is 6.54 Å². The Morgan fingerprint density at radius 2 is 1.95 bits per heavy atom. The third-order valence-electron chi connectivity index (χ3n) is 3.89. The standard InChI is InChI=1S/C16H25NO3/c1-17-11-13-6-7-14(15(10-13)19-2)20-12-16(18)8-4-3-5-9-16/h6-7,10,17-18H,3-5,8-9,11-12H2,1-2H3. The molecular weight excluding hydrogens is 254 g/mol. The Morgan fingerprint density at radius 1 is 1.20 bits per heavy atom. The van der Waals surface area contributed by atoms with Crippen LogP contribution in [0.5, 0.6) is 11.5 Å². The van der Waals surface area contributed by atoms with Crippen LogP contribution in [0.15, 0.2) is 18.2 Å². The lowest BCUT2D eigenvalue weighted by molar-refractivity contribution is -0.0343. The van der Waals surface area contributed by atoms with Crippen molar-refractivity contribution in [1.82, 2.24) is 5.32 Å². The SMILES string of the molecule is CNCc1ccc(OCC2(O)CCCCC2)c(OC)c1. The van der Waals surface area contributed by atoms with Gasteiger partial charge in [-0.3, -0.25) is 0 Å². The number of methoxy groups -OCH3 is 1. The van der Waals surface area contributed by atoms with E-state index in [0.717, 1.165) is 43.5 Å². The van der Waals surface area contributed by atoms with Crippen molar-refractivity contribution in [3.8, 4) is 11.5 Å². The van der Waals surface area contributed by atoms with Gasteiger partial charge >= 0.3 is 0 Å². The third-order valence-corrected chi connectivity index (χ3v) is 3.89. The van der Waals surface area contributed by atoms with E-state index in [4.69, 9.17) is 9.47 Å². The molecule has 0 spiro atoms. The fraction of sp³-hybridized carbons (Fsp3) is 0.625. The molecule has 0 bridgehead atoms. The number of rotatable bonds is 6. The second-order valence-corrected chi connectivity index (χ2v) is 5.59. The van der Waals surface area contributed by atoms with E-state index in [1.807, 2.05) is 25.2 Å². The topological polar surface area (TPSA) is 50.7 Å². The molecule has 1 aliphatic carbocycles. The van der Waals surface area contributed by atoms with E-state index in [-0.39, 0.29) is 0 Å². The van der Waals surface area contributed by atoms with E-state index in [9.17, 15) is 5.11 Å².